The van der Waals surface area contributed by atoms with Crippen molar-refractivity contribution in [2.24, 2.45) is 0 Å². The Morgan fingerprint density at radius 2 is 1.64 bits per heavy atom. The fourth-order valence-corrected chi connectivity index (χ4v) is 2.92. The number of nitro benzene ring substituents is 1. The lowest BCUT2D eigenvalue weighted by molar-refractivity contribution is -0.384. The maximum Gasteiger partial charge on any atom is 0.293 e. The standard InChI is InChI=1S/C18H18Cl2N4O4/c1-11-6-7-14(15(8-11)24(27)28)21-16(25)9-23(2)10-17(26)22-18-12(19)4-3-5-13(18)20/h3-8H,9-10H2,1-2H3,(H,21,25)(H,22,26). The molecular weight excluding hydrogens is 407 g/mol. The molecule has 10 heteroatoms. The summed E-state index contributed by atoms with van der Waals surface area (Å²) >= 11 is 12.0. The zero-order valence-electron chi connectivity index (χ0n) is 15.2. The molecule has 0 aliphatic carbocycles. The Hall–Kier alpha value is -2.68. The van der Waals surface area contributed by atoms with Crippen LogP contribution in [0, 0.1) is 17.0 Å². The highest BCUT2D eigenvalue weighted by molar-refractivity contribution is 6.39. The van der Waals surface area contributed by atoms with Gasteiger partial charge in [0.2, 0.25) is 11.8 Å². The highest BCUT2D eigenvalue weighted by Gasteiger charge is 2.18. The quantitative estimate of drug-likeness (QED) is 0.520. The molecule has 0 aliphatic heterocycles. The molecule has 2 amide bonds. The average Bonchev–Trinajstić information content (AvgIpc) is 2.59. The number of nitrogens with zero attached hydrogens (tertiary/aromatic N) is 2. The van der Waals surface area contributed by atoms with Crippen molar-refractivity contribution in [3.8, 4) is 0 Å². The van der Waals surface area contributed by atoms with E-state index in [-0.39, 0.29) is 24.5 Å². The Morgan fingerprint density at radius 1 is 1.07 bits per heavy atom. The van der Waals surface area contributed by atoms with Gasteiger partial charge in [0.1, 0.15) is 5.69 Å². The van der Waals surface area contributed by atoms with Crippen molar-refractivity contribution in [1.29, 1.82) is 0 Å². The van der Waals surface area contributed by atoms with Crippen LogP contribution >= 0.6 is 23.2 Å². The lowest BCUT2D eigenvalue weighted by Crippen LogP contribution is -2.36. The number of hydrogen-bond donors (Lipinski definition) is 2. The number of rotatable bonds is 7. The van der Waals surface area contributed by atoms with E-state index in [4.69, 9.17) is 23.2 Å². The van der Waals surface area contributed by atoms with E-state index in [1.54, 1.807) is 38.2 Å². The van der Waals surface area contributed by atoms with E-state index in [9.17, 15) is 19.7 Å². The van der Waals surface area contributed by atoms with Crippen LogP contribution in [0.1, 0.15) is 5.56 Å². The van der Waals surface area contributed by atoms with Crippen LogP contribution in [0.15, 0.2) is 36.4 Å². The number of anilines is 2. The Morgan fingerprint density at radius 3 is 2.21 bits per heavy atom. The second-order valence-electron chi connectivity index (χ2n) is 6.14. The summed E-state index contributed by atoms with van der Waals surface area (Å²) in [5.74, 6) is -0.898. The number of nitrogens with one attached hydrogen (secondary N) is 2. The van der Waals surface area contributed by atoms with E-state index < -0.39 is 16.7 Å². The van der Waals surface area contributed by atoms with Gasteiger partial charge in [0.05, 0.1) is 33.7 Å². The predicted octanol–water partition coefficient (Wildman–Crippen LogP) is 3.72. The van der Waals surface area contributed by atoms with Crippen LogP contribution in [0.4, 0.5) is 17.1 Å². The molecule has 28 heavy (non-hydrogen) atoms. The van der Waals surface area contributed by atoms with E-state index in [2.05, 4.69) is 10.6 Å². The first-order valence-corrected chi connectivity index (χ1v) is 8.90. The van der Waals surface area contributed by atoms with Gasteiger partial charge in [0, 0.05) is 6.07 Å². The average molecular weight is 425 g/mol. The molecule has 0 fully saturated rings. The van der Waals surface area contributed by atoms with Gasteiger partial charge in [-0.15, -0.1) is 0 Å². The molecule has 0 aromatic heterocycles. The van der Waals surface area contributed by atoms with E-state index in [0.717, 1.165) is 0 Å². The fraction of sp³-hybridized carbons (Fsp3) is 0.222. The number of hydrogen-bond acceptors (Lipinski definition) is 5. The third-order valence-electron chi connectivity index (χ3n) is 3.68. The van der Waals surface area contributed by atoms with Gasteiger partial charge in [0.15, 0.2) is 0 Å². The Kier molecular flexibility index (Phi) is 7.33. The molecule has 148 valence electrons. The monoisotopic (exact) mass is 424 g/mol. The van der Waals surface area contributed by atoms with Gasteiger partial charge >= 0.3 is 0 Å². The molecule has 2 aromatic rings. The predicted molar refractivity (Wildman–Crippen MR) is 109 cm³/mol. The third kappa shape index (κ3) is 5.91. The van der Waals surface area contributed by atoms with Crippen LogP contribution in [0.3, 0.4) is 0 Å². The summed E-state index contributed by atoms with van der Waals surface area (Å²) in [6, 6.07) is 9.34. The summed E-state index contributed by atoms with van der Waals surface area (Å²) in [7, 11) is 1.57. The highest BCUT2D eigenvalue weighted by atomic mass is 35.5. The van der Waals surface area contributed by atoms with Crippen LogP contribution in [-0.2, 0) is 9.59 Å². The maximum absolute atomic E-state index is 12.2. The SMILES string of the molecule is Cc1ccc(NC(=O)CN(C)CC(=O)Nc2c(Cl)cccc2Cl)c([N+](=O)[O-])c1. The van der Waals surface area contributed by atoms with Crippen molar-refractivity contribution in [3.05, 3.63) is 62.1 Å². The number of likely N-dealkylation sites (N-methyl/N-ethyl adjacent to an activating group) is 1. The molecule has 0 saturated carbocycles. The number of aryl methyl sites for hydroxylation is 1. The fourth-order valence-electron chi connectivity index (χ4n) is 2.43. The normalized spacial score (nSPS) is 10.6. The van der Waals surface area contributed by atoms with Gasteiger partial charge in [0.25, 0.3) is 5.69 Å². The van der Waals surface area contributed by atoms with Gasteiger partial charge in [-0.2, -0.15) is 0 Å². The Balaban J connectivity index is 1.94. The largest absolute Gasteiger partial charge is 0.322 e. The second-order valence-corrected chi connectivity index (χ2v) is 6.96. The van der Waals surface area contributed by atoms with Crippen molar-refractivity contribution in [1.82, 2.24) is 4.90 Å². The number of amides is 2. The topological polar surface area (TPSA) is 105 Å². The molecule has 0 atom stereocenters. The molecule has 0 spiro atoms. The smallest absolute Gasteiger partial charge is 0.293 e. The van der Waals surface area contributed by atoms with Crippen LogP contribution in [-0.4, -0.2) is 41.8 Å². The summed E-state index contributed by atoms with van der Waals surface area (Å²) in [4.78, 5) is 36.4. The van der Waals surface area contributed by atoms with Gasteiger partial charge in [-0.05, 0) is 37.7 Å². The minimum atomic E-state index is -0.562. The molecule has 2 rings (SSSR count). The van der Waals surface area contributed by atoms with E-state index >= 15 is 0 Å². The molecule has 0 bridgehead atoms. The molecule has 0 radical (unpaired) electrons. The van der Waals surface area contributed by atoms with Crippen molar-refractivity contribution in [2.45, 2.75) is 6.92 Å². The van der Waals surface area contributed by atoms with E-state index in [1.165, 1.54) is 17.0 Å². The minimum absolute atomic E-state index is 0.0984. The van der Waals surface area contributed by atoms with Crippen molar-refractivity contribution in [2.75, 3.05) is 30.8 Å². The van der Waals surface area contributed by atoms with Crippen LogP contribution < -0.4 is 10.6 Å². The third-order valence-corrected chi connectivity index (χ3v) is 4.31. The lowest BCUT2D eigenvalue weighted by atomic mass is 10.2. The van der Waals surface area contributed by atoms with Crippen molar-refractivity contribution < 1.29 is 14.5 Å². The van der Waals surface area contributed by atoms with E-state index in [0.29, 0.717) is 21.3 Å². The molecular formula is C18H18Cl2N4O4. The molecule has 0 saturated heterocycles. The number of nitro groups is 1. The van der Waals surface area contributed by atoms with Gasteiger partial charge in [-0.25, -0.2) is 0 Å². The molecule has 2 aromatic carbocycles. The van der Waals surface area contributed by atoms with Crippen LogP contribution in [0.2, 0.25) is 10.0 Å². The number of carbonyl (C=O) groups excluding carboxylic acids is 2. The molecule has 8 nitrogen and oxygen atoms in total. The summed E-state index contributed by atoms with van der Waals surface area (Å²) in [6.07, 6.45) is 0. The summed E-state index contributed by atoms with van der Waals surface area (Å²) in [6.45, 7) is 1.47. The Labute approximate surface area is 171 Å². The van der Waals surface area contributed by atoms with E-state index in [1.807, 2.05) is 0 Å². The zero-order chi connectivity index (χ0) is 20.8. The number of carbonyl (C=O) groups is 2. The van der Waals surface area contributed by atoms with Gasteiger partial charge < -0.3 is 10.6 Å². The first-order chi connectivity index (χ1) is 13.2. The number of benzene rings is 2. The van der Waals surface area contributed by atoms with Crippen molar-refractivity contribution in [3.63, 3.8) is 0 Å². The number of para-hydroxylation sites is 1. The summed E-state index contributed by atoms with van der Waals surface area (Å²) < 4.78 is 0. The zero-order valence-corrected chi connectivity index (χ0v) is 16.7. The first kappa shape index (κ1) is 21.6. The lowest BCUT2D eigenvalue weighted by Gasteiger charge is -2.17. The van der Waals surface area contributed by atoms with Gasteiger partial charge in [-0.3, -0.25) is 24.6 Å². The molecule has 0 aliphatic rings. The Bertz CT molecular complexity index is 900. The number of halogens is 2. The van der Waals surface area contributed by atoms with Crippen LogP contribution in [0.25, 0.3) is 0 Å². The summed E-state index contributed by atoms with van der Waals surface area (Å²) in [5.41, 5.74) is 0.907. The maximum atomic E-state index is 12.2. The molecule has 2 N–H and O–H groups in total. The second kappa shape index (κ2) is 9.50. The van der Waals surface area contributed by atoms with Crippen LogP contribution in [0.5, 0.6) is 0 Å². The summed E-state index contributed by atoms with van der Waals surface area (Å²) in [5, 5.41) is 16.8. The van der Waals surface area contributed by atoms with Crippen molar-refractivity contribution >= 4 is 52.1 Å². The molecule has 0 unspecified atom stereocenters. The highest BCUT2D eigenvalue weighted by Crippen LogP contribution is 2.29. The first-order valence-electron chi connectivity index (χ1n) is 8.14. The minimum Gasteiger partial charge on any atom is -0.322 e. The molecule has 0 heterocycles. The van der Waals surface area contributed by atoms with Gasteiger partial charge in [-0.1, -0.05) is 35.3 Å².